The first-order valence-corrected chi connectivity index (χ1v) is 5.20. The maximum Gasteiger partial charge on any atom is 0.337 e. The first-order valence-electron chi connectivity index (χ1n) is 5.20. The summed E-state index contributed by atoms with van der Waals surface area (Å²) in [5, 5.41) is 17.9. The van der Waals surface area contributed by atoms with Gasteiger partial charge in [0, 0.05) is 18.0 Å². The summed E-state index contributed by atoms with van der Waals surface area (Å²) in [4.78, 5) is 14.4. The molecule has 0 spiro atoms. The number of hydrogen-bond acceptors (Lipinski definition) is 3. The van der Waals surface area contributed by atoms with Crippen molar-refractivity contribution in [1.82, 2.24) is 4.98 Å². The van der Waals surface area contributed by atoms with Crippen molar-refractivity contribution in [2.75, 3.05) is 0 Å². The predicted molar refractivity (Wildman–Crippen MR) is 62.2 cm³/mol. The van der Waals surface area contributed by atoms with Crippen molar-refractivity contribution in [3.05, 3.63) is 54.1 Å². The van der Waals surface area contributed by atoms with Gasteiger partial charge in [-0.1, -0.05) is 12.1 Å². The summed E-state index contributed by atoms with van der Waals surface area (Å²) in [7, 11) is 0. The fourth-order valence-electron chi connectivity index (χ4n) is 1.61. The third kappa shape index (κ3) is 2.36. The summed E-state index contributed by atoms with van der Waals surface area (Å²) < 4.78 is 13.7. The largest absolute Gasteiger partial charge is 0.479 e. The average molecular weight is 247 g/mol. The standard InChI is InChI=1S/C13H10FNO3/c14-11-7-9(8-3-5-15-6-4-8)1-2-10(11)12(16)13(17)18/h1-7,12,16H,(H,17,18). The average Bonchev–Trinajstić information content (AvgIpc) is 2.38. The molecule has 0 saturated carbocycles. The highest BCUT2D eigenvalue weighted by Gasteiger charge is 2.20. The van der Waals surface area contributed by atoms with Gasteiger partial charge in [-0.25, -0.2) is 9.18 Å². The first kappa shape index (κ1) is 12.2. The van der Waals surface area contributed by atoms with Crippen molar-refractivity contribution < 1.29 is 19.4 Å². The zero-order chi connectivity index (χ0) is 13.1. The maximum absolute atomic E-state index is 13.7. The number of nitrogens with zero attached hydrogens (tertiary/aromatic N) is 1. The Bertz CT molecular complexity index is 572. The minimum absolute atomic E-state index is 0.250. The molecule has 4 nitrogen and oxygen atoms in total. The Kier molecular flexibility index (Phi) is 3.34. The lowest BCUT2D eigenvalue weighted by molar-refractivity contribution is -0.147. The lowest BCUT2D eigenvalue weighted by Gasteiger charge is -2.09. The number of halogens is 1. The Hall–Kier alpha value is -2.27. The third-order valence-corrected chi connectivity index (χ3v) is 2.54. The van der Waals surface area contributed by atoms with Crippen molar-refractivity contribution in [3.63, 3.8) is 0 Å². The quantitative estimate of drug-likeness (QED) is 0.870. The molecule has 1 atom stereocenters. The maximum atomic E-state index is 13.7. The smallest absolute Gasteiger partial charge is 0.337 e. The number of rotatable bonds is 3. The zero-order valence-corrected chi connectivity index (χ0v) is 9.25. The Morgan fingerprint density at radius 2 is 1.83 bits per heavy atom. The van der Waals surface area contributed by atoms with Crippen LogP contribution in [0.3, 0.4) is 0 Å². The molecule has 0 aliphatic heterocycles. The van der Waals surface area contributed by atoms with Crippen LogP contribution >= 0.6 is 0 Å². The van der Waals surface area contributed by atoms with Crippen LogP contribution in [0, 0.1) is 5.82 Å². The van der Waals surface area contributed by atoms with Crippen molar-refractivity contribution in [1.29, 1.82) is 0 Å². The Balaban J connectivity index is 2.40. The number of aliphatic hydroxyl groups is 1. The van der Waals surface area contributed by atoms with E-state index in [0.29, 0.717) is 5.56 Å². The van der Waals surface area contributed by atoms with Gasteiger partial charge in [0.25, 0.3) is 0 Å². The van der Waals surface area contributed by atoms with Crippen LogP contribution in [-0.2, 0) is 4.79 Å². The number of carboxylic acids is 1. The lowest BCUT2D eigenvalue weighted by atomic mass is 10.0. The van der Waals surface area contributed by atoms with Gasteiger partial charge in [0.05, 0.1) is 0 Å². The molecule has 1 aromatic heterocycles. The van der Waals surface area contributed by atoms with Gasteiger partial charge in [-0.2, -0.15) is 0 Å². The summed E-state index contributed by atoms with van der Waals surface area (Å²) in [5.41, 5.74) is 1.11. The molecule has 0 aliphatic carbocycles. The molecule has 1 heterocycles. The van der Waals surface area contributed by atoms with E-state index in [2.05, 4.69) is 4.98 Å². The molecule has 2 rings (SSSR count). The summed E-state index contributed by atoms with van der Waals surface area (Å²) in [6.45, 7) is 0. The van der Waals surface area contributed by atoms with Crippen LogP contribution in [0.25, 0.3) is 11.1 Å². The second kappa shape index (κ2) is 4.93. The van der Waals surface area contributed by atoms with Crippen molar-refractivity contribution >= 4 is 5.97 Å². The number of aromatic nitrogens is 1. The van der Waals surface area contributed by atoms with Crippen LogP contribution in [-0.4, -0.2) is 21.2 Å². The number of benzene rings is 1. The van der Waals surface area contributed by atoms with E-state index in [1.165, 1.54) is 12.1 Å². The second-order valence-electron chi connectivity index (χ2n) is 3.71. The van der Waals surface area contributed by atoms with Crippen LogP contribution in [0.4, 0.5) is 4.39 Å². The molecule has 0 bridgehead atoms. The SMILES string of the molecule is O=C(O)C(O)c1ccc(-c2ccncc2)cc1F. The minimum Gasteiger partial charge on any atom is -0.479 e. The summed E-state index contributed by atoms with van der Waals surface area (Å²) in [5.74, 6) is -2.23. The monoisotopic (exact) mass is 247 g/mol. The van der Waals surface area contributed by atoms with Gasteiger partial charge in [-0.15, -0.1) is 0 Å². The van der Waals surface area contributed by atoms with Crippen molar-refractivity contribution in [2.45, 2.75) is 6.10 Å². The van der Waals surface area contributed by atoms with Crippen LogP contribution in [0.15, 0.2) is 42.7 Å². The van der Waals surface area contributed by atoms with Crippen LogP contribution < -0.4 is 0 Å². The molecule has 2 N–H and O–H groups in total. The second-order valence-corrected chi connectivity index (χ2v) is 3.71. The van der Waals surface area contributed by atoms with Gasteiger partial charge in [0.2, 0.25) is 0 Å². The van der Waals surface area contributed by atoms with Crippen LogP contribution in [0.5, 0.6) is 0 Å². The van der Waals surface area contributed by atoms with E-state index in [0.717, 1.165) is 5.56 Å². The number of aliphatic hydroxyl groups excluding tert-OH is 1. The molecular formula is C13H10FNO3. The van der Waals surface area contributed by atoms with Crippen molar-refractivity contribution in [2.24, 2.45) is 0 Å². The van der Waals surface area contributed by atoms with Gasteiger partial charge < -0.3 is 10.2 Å². The highest BCUT2D eigenvalue weighted by Crippen LogP contribution is 2.24. The molecular weight excluding hydrogens is 237 g/mol. The van der Waals surface area contributed by atoms with Gasteiger partial charge in [-0.05, 0) is 29.3 Å². The molecule has 1 unspecified atom stereocenters. The van der Waals surface area contributed by atoms with E-state index in [4.69, 9.17) is 5.11 Å². The zero-order valence-electron chi connectivity index (χ0n) is 9.25. The van der Waals surface area contributed by atoms with Crippen molar-refractivity contribution in [3.8, 4) is 11.1 Å². The fraction of sp³-hybridized carbons (Fsp3) is 0.0769. The normalized spacial score (nSPS) is 12.1. The highest BCUT2D eigenvalue weighted by molar-refractivity contribution is 5.74. The van der Waals surface area contributed by atoms with E-state index < -0.39 is 17.9 Å². The van der Waals surface area contributed by atoms with E-state index in [1.807, 2.05) is 0 Å². The van der Waals surface area contributed by atoms with Gasteiger partial charge >= 0.3 is 5.97 Å². The molecule has 2 aromatic rings. The number of carboxylic acid groups (broad SMARTS) is 1. The van der Waals surface area contributed by atoms with Crippen LogP contribution in [0.1, 0.15) is 11.7 Å². The minimum atomic E-state index is -1.85. The Morgan fingerprint density at radius 1 is 1.17 bits per heavy atom. The molecule has 18 heavy (non-hydrogen) atoms. The van der Waals surface area contributed by atoms with E-state index in [1.54, 1.807) is 30.6 Å². The molecule has 0 saturated heterocycles. The molecule has 0 fully saturated rings. The number of carbonyl (C=O) groups is 1. The molecule has 5 heteroatoms. The Labute approximate surface area is 102 Å². The topological polar surface area (TPSA) is 70.4 Å². The molecule has 0 amide bonds. The molecule has 92 valence electrons. The highest BCUT2D eigenvalue weighted by atomic mass is 19.1. The summed E-state index contributed by atoms with van der Waals surface area (Å²) in [6.07, 6.45) is 1.30. The number of hydrogen-bond donors (Lipinski definition) is 2. The molecule has 0 aliphatic rings. The van der Waals surface area contributed by atoms with E-state index in [-0.39, 0.29) is 5.56 Å². The van der Waals surface area contributed by atoms with Gasteiger partial charge in [0.15, 0.2) is 6.10 Å². The third-order valence-electron chi connectivity index (χ3n) is 2.54. The van der Waals surface area contributed by atoms with E-state index in [9.17, 15) is 14.3 Å². The lowest BCUT2D eigenvalue weighted by Crippen LogP contribution is -2.12. The summed E-state index contributed by atoms with van der Waals surface area (Å²) >= 11 is 0. The molecule has 0 radical (unpaired) electrons. The van der Waals surface area contributed by atoms with Gasteiger partial charge in [0.1, 0.15) is 5.82 Å². The van der Waals surface area contributed by atoms with Gasteiger partial charge in [-0.3, -0.25) is 4.98 Å². The first-order chi connectivity index (χ1) is 8.59. The van der Waals surface area contributed by atoms with Crippen LogP contribution in [0.2, 0.25) is 0 Å². The number of pyridine rings is 1. The molecule has 1 aromatic carbocycles. The predicted octanol–water partition coefficient (Wildman–Crippen LogP) is 2.01. The fourth-order valence-corrected chi connectivity index (χ4v) is 1.61. The summed E-state index contributed by atoms with van der Waals surface area (Å²) in [6, 6.07) is 7.44. The number of aliphatic carboxylic acids is 1. The Morgan fingerprint density at radius 3 is 2.39 bits per heavy atom. The van der Waals surface area contributed by atoms with E-state index >= 15 is 0 Å².